The fourth-order valence-electron chi connectivity index (χ4n) is 1.94. The van der Waals surface area contributed by atoms with Crippen LogP contribution in [0.2, 0.25) is 0 Å². The highest BCUT2D eigenvalue weighted by Crippen LogP contribution is 2.37. The van der Waals surface area contributed by atoms with Crippen LogP contribution >= 0.6 is 0 Å². The Hall–Kier alpha value is -0.935. The van der Waals surface area contributed by atoms with E-state index in [0.29, 0.717) is 0 Å². The molecule has 0 bridgehead atoms. The third kappa shape index (κ3) is 2.29. The van der Waals surface area contributed by atoms with Gasteiger partial charge in [-0.1, -0.05) is 0 Å². The first kappa shape index (κ1) is 13.5. The molecule has 0 atom stereocenters. The van der Waals surface area contributed by atoms with Crippen LogP contribution in [0, 0.1) is 0 Å². The summed E-state index contributed by atoms with van der Waals surface area (Å²) in [5.74, 6) is 0. The van der Waals surface area contributed by atoms with Gasteiger partial charge in [0, 0.05) is 26.3 Å². The summed E-state index contributed by atoms with van der Waals surface area (Å²) in [6.45, 7) is 9.09. The number of allylic oxidation sites excluding steroid dienone is 1. The molecule has 2 aliphatic rings. The molecule has 1 fully saturated rings. The van der Waals surface area contributed by atoms with Crippen LogP contribution in [0.3, 0.4) is 0 Å². The number of hydrogen-bond donors (Lipinski definition) is 0. The monoisotopic (exact) mass is 250 g/mol. The quantitative estimate of drug-likeness (QED) is 0.698. The lowest BCUT2D eigenvalue weighted by Crippen LogP contribution is -2.41. The minimum atomic E-state index is -0.300. The maximum Gasteiger partial charge on any atom is 0.593 e. The predicted octanol–water partition coefficient (Wildman–Crippen LogP) is 1.85. The molecule has 2 aliphatic heterocycles. The SMILES string of the molecule is CN(C)C1=CCN(B2OC(C)(C)C(C)(C)O2)C=C1. The summed E-state index contributed by atoms with van der Waals surface area (Å²) in [5, 5.41) is 0. The summed E-state index contributed by atoms with van der Waals surface area (Å²) in [5.41, 5.74) is 0.649. The van der Waals surface area contributed by atoms with Crippen LogP contribution in [0.1, 0.15) is 27.7 Å². The zero-order valence-corrected chi connectivity index (χ0v) is 12.2. The largest absolute Gasteiger partial charge is 0.593 e. The Labute approximate surface area is 110 Å². The molecule has 0 aliphatic carbocycles. The first-order valence-electron chi connectivity index (χ1n) is 6.40. The predicted molar refractivity (Wildman–Crippen MR) is 73.7 cm³/mol. The molecule has 5 heteroatoms. The number of rotatable bonds is 2. The first-order valence-corrected chi connectivity index (χ1v) is 6.40. The molecule has 1 saturated heterocycles. The van der Waals surface area contributed by atoms with Gasteiger partial charge in [-0.05, 0) is 46.0 Å². The van der Waals surface area contributed by atoms with Crippen molar-refractivity contribution in [2.45, 2.75) is 38.9 Å². The van der Waals surface area contributed by atoms with Gasteiger partial charge in [-0.15, -0.1) is 0 Å². The van der Waals surface area contributed by atoms with Gasteiger partial charge in [0.15, 0.2) is 0 Å². The van der Waals surface area contributed by atoms with E-state index in [2.05, 4.69) is 49.6 Å². The van der Waals surface area contributed by atoms with Crippen LogP contribution in [-0.2, 0) is 9.31 Å². The van der Waals surface area contributed by atoms with E-state index in [1.807, 2.05) is 20.3 Å². The Morgan fingerprint density at radius 1 is 1.17 bits per heavy atom. The molecule has 0 radical (unpaired) electrons. The van der Waals surface area contributed by atoms with Crippen molar-refractivity contribution in [2.24, 2.45) is 0 Å². The summed E-state index contributed by atoms with van der Waals surface area (Å²) in [4.78, 5) is 4.17. The van der Waals surface area contributed by atoms with Gasteiger partial charge in [-0.25, -0.2) is 0 Å². The average Bonchev–Trinajstić information content (AvgIpc) is 2.48. The van der Waals surface area contributed by atoms with Crippen molar-refractivity contribution < 1.29 is 9.31 Å². The summed E-state index contributed by atoms with van der Waals surface area (Å²) in [7, 11) is 3.78. The van der Waals surface area contributed by atoms with Crippen LogP contribution in [0.4, 0.5) is 0 Å². The van der Waals surface area contributed by atoms with E-state index in [1.54, 1.807) is 0 Å². The molecule has 0 aromatic heterocycles. The zero-order valence-electron chi connectivity index (χ0n) is 12.2. The Kier molecular flexibility index (Phi) is 3.24. The van der Waals surface area contributed by atoms with Crippen molar-refractivity contribution in [1.82, 2.24) is 9.71 Å². The van der Waals surface area contributed by atoms with Gasteiger partial charge in [-0.2, -0.15) is 0 Å². The average molecular weight is 250 g/mol. The normalized spacial score (nSPS) is 25.3. The minimum absolute atomic E-state index is 0.281. The van der Waals surface area contributed by atoms with Gasteiger partial charge in [-0.3, -0.25) is 0 Å². The molecule has 0 amide bonds. The van der Waals surface area contributed by atoms with E-state index in [4.69, 9.17) is 9.31 Å². The third-order valence-corrected chi connectivity index (χ3v) is 3.98. The van der Waals surface area contributed by atoms with Crippen LogP contribution in [0.15, 0.2) is 24.0 Å². The molecule has 0 aromatic carbocycles. The molecule has 0 unspecified atom stereocenters. The van der Waals surface area contributed by atoms with E-state index >= 15 is 0 Å². The number of likely N-dealkylation sites (N-methyl/N-ethyl adjacent to an activating group) is 1. The smallest absolute Gasteiger partial charge is 0.384 e. The molecule has 100 valence electrons. The van der Waals surface area contributed by atoms with E-state index in [-0.39, 0.29) is 18.5 Å². The lowest BCUT2D eigenvalue weighted by molar-refractivity contribution is 0.00578. The van der Waals surface area contributed by atoms with Crippen molar-refractivity contribution in [2.75, 3.05) is 20.6 Å². The number of hydrogen-bond acceptors (Lipinski definition) is 4. The summed E-state index contributed by atoms with van der Waals surface area (Å²) < 4.78 is 12.0. The van der Waals surface area contributed by atoms with Gasteiger partial charge < -0.3 is 19.0 Å². The fraction of sp³-hybridized carbons (Fsp3) is 0.692. The minimum Gasteiger partial charge on any atom is -0.384 e. The van der Waals surface area contributed by atoms with E-state index in [1.165, 1.54) is 5.70 Å². The highest BCUT2D eigenvalue weighted by molar-refractivity contribution is 6.42. The van der Waals surface area contributed by atoms with Crippen molar-refractivity contribution in [3.05, 3.63) is 24.0 Å². The summed E-state index contributed by atoms with van der Waals surface area (Å²) >= 11 is 0. The molecular formula is C13H23BN2O2. The van der Waals surface area contributed by atoms with Crippen molar-refractivity contribution in [3.63, 3.8) is 0 Å². The van der Waals surface area contributed by atoms with E-state index < -0.39 is 0 Å². The van der Waals surface area contributed by atoms with Crippen LogP contribution in [0.25, 0.3) is 0 Å². The lowest BCUT2D eigenvalue weighted by atomic mass is 9.90. The third-order valence-electron chi connectivity index (χ3n) is 3.98. The Bertz CT molecular complexity index is 372. The molecule has 2 heterocycles. The fourth-order valence-corrected chi connectivity index (χ4v) is 1.94. The van der Waals surface area contributed by atoms with Crippen LogP contribution in [0.5, 0.6) is 0 Å². The van der Waals surface area contributed by atoms with E-state index in [0.717, 1.165) is 6.54 Å². The molecule has 0 aromatic rings. The molecule has 18 heavy (non-hydrogen) atoms. The molecule has 0 spiro atoms. The van der Waals surface area contributed by atoms with Gasteiger partial charge in [0.2, 0.25) is 0 Å². The Morgan fingerprint density at radius 3 is 2.11 bits per heavy atom. The second-order valence-electron chi connectivity index (χ2n) is 6.10. The summed E-state index contributed by atoms with van der Waals surface area (Å²) in [6.07, 6.45) is 6.29. The second kappa shape index (κ2) is 4.32. The standard InChI is InChI=1S/C13H23BN2O2/c1-12(2)13(3,4)18-14(17-12)16-9-7-11(8-10-16)15(5)6/h7-9H,10H2,1-6H3. The van der Waals surface area contributed by atoms with Gasteiger partial charge in [0.1, 0.15) is 0 Å². The Balaban J connectivity index is 2.04. The van der Waals surface area contributed by atoms with Crippen molar-refractivity contribution in [3.8, 4) is 0 Å². The molecule has 2 rings (SSSR count). The topological polar surface area (TPSA) is 24.9 Å². The molecular weight excluding hydrogens is 227 g/mol. The maximum atomic E-state index is 6.01. The second-order valence-corrected chi connectivity index (χ2v) is 6.10. The highest BCUT2D eigenvalue weighted by Gasteiger charge is 2.53. The summed E-state index contributed by atoms with van der Waals surface area (Å²) in [6, 6.07) is 0. The first-order chi connectivity index (χ1) is 8.23. The zero-order chi connectivity index (χ0) is 13.6. The lowest BCUT2D eigenvalue weighted by Gasteiger charge is -2.32. The van der Waals surface area contributed by atoms with Crippen LogP contribution in [-0.4, -0.2) is 48.8 Å². The van der Waals surface area contributed by atoms with Gasteiger partial charge in [0.05, 0.1) is 11.2 Å². The van der Waals surface area contributed by atoms with Crippen molar-refractivity contribution >= 4 is 7.25 Å². The molecule has 0 saturated carbocycles. The Morgan fingerprint density at radius 2 is 1.72 bits per heavy atom. The van der Waals surface area contributed by atoms with Gasteiger partial charge >= 0.3 is 7.25 Å². The highest BCUT2D eigenvalue weighted by atomic mass is 16.7. The molecule has 4 nitrogen and oxygen atoms in total. The van der Waals surface area contributed by atoms with Crippen LogP contribution < -0.4 is 0 Å². The van der Waals surface area contributed by atoms with E-state index in [9.17, 15) is 0 Å². The van der Waals surface area contributed by atoms with Crippen molar-refractivity contribution in [1.29, 1.82) is 0 Å². The molecule has 0 N–H and O–H groups in total. The maximum absolute atomic E-state index is 6.01. The number of nitrogens with zero attached hydrogens (tertiary/aromatic N) is 2. The van der Waals surface area contributed by atoms with Gasteiger partial charge in [0.25, 0.3) is 0 Å².